The Bertz CT molecular complexity index is 330. The van der Waals surface area contributed by atoms with Crippen molar-refractivity contribution in [1.82, 2.24) is 0 Å². The fourth-order valence-electron chi connectivity index (χ4n) is 1.59. The first kappa shape index (κ1) is 27.9. The Labute approximate surface area is 156 Å². The third-order valence-electron chi connectivity index (χ3n) is 3.19. The average molecular weight is 360 g/mol. The maximum atomic E-state index is 9.53. The van der Waals surface area contributed by atoms with Gasteiger partial charge in [-0.25, -0.2) is 0 Å². The van der Waals surface area contributed by atoms with Crippen LogP contribution < -0.4 is 15.3 Å². The van der Waals surface area contributed by atoms with Gasteiger partial charge in [0.15, 0.2) is 0 Å². The summed E-state index contributed by atoms with van der Waals surface area (Å²) >= 11 is 2.30. The van der Waals surface area contributed by atoms with Crippen molar-refractivity contribution in [3.05, 3.63) is 22.3 Å². The third-order valence-corrected chi connectivity index (χ3v) is 4.36. The van der Waals surface area contributed by atoms with Gasteiger partial charge in [0.25, 0.3) is 0 Å². The second kappa shape index (κ2) is 13.4. The van der Waals surface area contributed by atoms with E-state index in [4.69, 9.17) is 0 Å². The van der Waals surface area contributed by atoms with Crippen molar-refractivity contribution in [3.63, 3.8) is 0 Å². The molecule has 0 unspecified atom stereocenters. The van der Waals surface area contributed by atoms with Crippen molar-refractivity contribution in [2.75, 3.05) is 0 Å². The average Bonchev–Trinajstić information content (AvgIpc) is 2.43. The molecular formula is C19H36O3Ti. The van der Waals surface area contributed by atoms with Gasteiger partial charge in [-0.3, -0.25) is 0 Å². The Hall–Kier alpha value is 0.0743. The van der Waals surface area contributed by atoms with Gasteiger partial charge in [-0.1, -0.05) is 41.5 Å². The molecule has 0 aromatic heterocycles. The molecule has 1 rings (SSSR count). The van der Waals surface area contributed by atoms with Crippen LogP contribution in [0.4, 0.5) is 0 Å². The minimum atomic E-state index is -0.417. The molecule has 0 bridgehead atoms. The third kappa shape index (κ3) is 15.3. The van der Waals surface area contributed by atoms with E-state index in [2.05, 4.69) is 55.1 Å². The van der Waals surface area contributed by atoms with Crippen LogP contribution in [-0.4, -0.2) is 18.3 Å². The van der Waals surface area contributed by atoms with E-state index in [1.807, 2.05) is 0 Å². The molecule has 0 saturated carbocycles. The van der Waals surface area contributed by atoms with Crippen molar-refractivity contribution in [2.45, 2.75) is 98.2 Å². The molecule has 23 heavy (non-hydrogen) atoms. The quantitative estimate of drug-likeness (QED) is 0.624. The van der Waals surface area contributed by atoms with E-state index in [9.17, 15) is 15.3 Å². The van der Waals surface area contributed by atoms with Crippen molar-refractivity contribution < 1.29 is 35.8 Å². The Kier molecular flexibility index (Phi) is 16.2. The fraction of sp³-hybridized carbons (Fsp3) is 0.789. The van der Waals surface area contributed by atoms with Gasteiger partial charge in [0.1, 0.15) is 0 Å². The zero-order valence-corrected chi connectivity index (χ0v) is 18.5. The van der Waals surface area contributed by atoms with E-state index in [-0.39, 0.29) is 0 Å². The van der Waals surface area contributed by atoms with Crippen LogP contribution in [0.1, 0.15) is 76.2 Å². The number of rotatable bonds is 0. The van der Waals surface area contributed by atoms with Gasteiger partial charge in [0.2, 0.25) is 0 Å². The van der Waals surface area contributed by atoms with Gasteiger partial charge < -0.3 is 15.3 Å². The first-order valence-corrected chi connectivity index (χ1v) is 8.95. The van der Waals surface area contributed by atoms with E-state index in [0.29, 0.717) is 3.72 Å². The van der Waals surface area contributed by atoms with Crippen LogP contribution in [0.15, 0.2) is 22.3 Å². The standard InChI is InChI=1S/C10H15.3C3H7O.Ti/c1-6-7(2)9(4)10(5)8(6)3;3*1-3(2)4;/h1-5H3;3*3H,1-2H3;/q;3*-1;+3. The summed E-state index contributed by atoms with van der Waals surface area (Å²) in [5, 5.41) is 28.6. The van der Waals surface area contributed by atoms with Gasteiger partial charge >= 0.3 is 81.1 Å². The molecule has 0 heterocycles. The molecule has 1 aliphatic carbocycles. The second-order valence-electron chi connectivity index (χ2n) is 6.77. The number of hydrogen-bond acceptors (Lipinski definition) is 3. The molecule has 134 valence electrons. The summed E-state index contributed by atoms with van der Waals surface area (Å²) in [7, 11) is 0. The molecule has 1 aliphatic rings. The second-order valence-corrected chi connectivity index (χ2v) is 8.33. The van der Waals surface area contributed by atoms with Crippen molar-refractivity contribution in [3.8, 4) is 0 Å². The van der Waals surface area contributed by atoms with Crippen LogP contribution in [0, 0.1) is 0 Å². The first-order chi connectivity index (χ1) is 10.1. The van der Waals surface area contributed by atoms with Gasteiger partial charge in [-0.15, -0.1) is 18.3 Å². The Morgan fingerprint density at radius 2 is 0.783 bits per heavy atom. The number of hydrogen-bond donors (Lipinski definition) is 0. The van der Waals surface area contributed by atoms with Crippen LogP contribution in [0.25, 0.3) is 0 Å². The van der Waals surface area contributed by atoms with E-state index in [1.165, 1.54) is 22.3 Å². The molecular weight excluding hydrogens is 324 g/mol. The fourth-order valence-corrected chi connectivity index (χ4v) is 2.18. The van der Waals surface area contributed by atoms with Gasteiger partial charge in [-0.05, 0) is 0 Å². The molecule has 0 aromatic rings. The van der Waals surface area contributed by atoms with Crippen molar-refractivity contribution in [1.29, 1.82) is 0 Å². The molecule has 0 amide bonds. The molecule has 0 radical (unpaired) electrons. The predicted molar refractivity (Wildman–Crippen MR) is 90.5 cm³/mol. The normalized spacial score (nSPS) is 16.0. The van der Waals surface area contributed by atoms with Gasteiger partial charge in [0, 0.05) is 0 Å². The molecule has 0 saturated heterocycles. The summed E-state index contributed by atoms with van der Waals surface area (Å²) in [6, 6.07) is 0. The molecule has 0 aliphatic heterocycles. The molecule has 0 spiro atoms. The van der Waals surface area contributed by atoms with E-state index < -0.39 is 18.3 Å². The Morgan fingerprint density at radius 1 is 0.652 bits per heavy atom. The summed E-state index contributed by atoms with van der Waals surface area (Å²) in [4.78, 5) is 0. The summed E-state index contributed by atoms with van der Waals surface area (Å²) in [5.41, 5.74) is 6.06. The van der Waals surface area contributed by atoms with Crippen molar-refractivity contribution >= 4 is 0 Å². The molecule has 0 aromatic carbocycles. The summed E-state index contributed by atoms with van der Waals surface area (Å²) < 4.78 is 0.314. The van der Waals surface area contributed by atoms with E-state index in [1.54, 1.807) is 41.5 Å². The SMILES string of the molecule is CC(C)[O-].CC(C)[O-].CC(C)[O-].CC1=C(C)[C](C)([Ti+3])C(C)=C1C. The topological polar surface area (TPSA) is 69.2 Å². The molecule has 0 N–H and O–H groups in total. The minimum absolute atomic E-state index is 0.314. The molecule has 0 fully saturated rings. The van der Waals surface area contributed by atoms with Crippen LogP contribution in [-0.2, 0) is 20.4 Å². The molecule has 4 heteroatoms. The maximum absolute atomic E-state index is 9.53. The Balaban J connectivity index is -0.000000278. The van der Waals surface area contributed by atoms with Crippen LogP contribution in [0.3, 0.4) is 0 Å². The van der Waals surface area contributed by atoms with E-state index >= 15 is 0 Å². The summed E-state index contributed by atoms with van der Waals surface area (Å²) in [5.74, 6) is 0. The predicted octanol–water partition coefficient (Wildman–Crippen LogP) is 2.66. The first-order valence-electron chi connectivity index (χ1n) is 8.17. The zero-order chi connectivity index (χ0) is 19.5. The van der Waals surface area contributed by atoms with Crippen LogP contribution in [0.5, 0.6) is 0 Å². The van der Waals surface area contributed by atoms with Gasteiger partial charge in [0.05, 0.1) is 0 Å². The number of allylic oxidation sites excluding steroid dienone is 4. The summed E-state index contributed by atoms with van der Waals surface area (Å²) in [6.45, 7) is 20.9. The van der Waals surface area contributed by atoms with Crippen LogP contribution in [0.2, 0.25) is 3.72 Å². The molecule has 0 atom stereocenters. The zero-order valence-electron chi connectivity index (χ0n) is 17.0. The van der Waals surface area contributed by atoms with Crippen LogP contribution >= 0.6 is 0 Å². The summed E-state index contributed by atoms with van der Waals surface area (Å²) in [6.07, 6.45) is -1.25. The molecule has 3 nitrogen and oxygen atoms in total. The van der Waals surface area contributed by atoms with E-state index in [0.717, 1.165) is 0 Å². The van der Waals surface area contributed by atoms with Crippen molar-refractivity contribution in [2.24, 2.45) is 0 Å². The van der Waals surface area contributed by atoms with Gasteiger partial charge in [-0.2, -0.15) is 0 Å². The Morgan fingerprint density at radius 3 is 0.826 bits per heavy atom. The monoisotopic (exact) mass is 360 g/mol.